The molecule has 0 atom stereocenters. The molecule has 1 heterocycles. The molecule has 0 spiro atoms. The lowest BCUT2D eigenvalue weighted by atomic mass is 10.00. The highest BCUT2D eigenvalue weighted by molar-refractivity contribution is 14.0. The molecule has 2 N–H and O–H groups in total. The van der Waals surface area contributed by atoms with E-state index in [0.717, 1.165) is 44.3 Å². The van der Waals surface area contributed by atoms with Crippen LogP contribution >= 0.6 is 24.0 Å². The van der Waals surface area contributed by atoms with E-state index in [1.807, 2.05) is 0 Å². The summed E-state index contributed by atoms with van der Waals surface area (Å²) in [6.45, 7) is 4.76. The number of nitrogens with zero attached hydrogens (tertiary/aromatic N) is 2. The Bertz CT molecular complexity index is 480. The number of nitrogens with two attached hydrogens (primary N) is 1. The first-order valence-corrected chi connectivity index (χ1v) is 7.54. The average molecular weight is 423 g/mol. The molecule has 0 unspecified atom stereocenters. The van der Waals surface area contributed by atoms with Gasteiger partial charge in [0, 0.05) is 25.7 Å². The molecular weight excluding hydrogens is 399 g/mol. The third-order valence-electron chi connectivity index (χ3n) is 3.93. The van der Waals surface area contributed by atoms with Crippen molar-refractivity contribution in [3.8, 4) is 0 Å². The lowest BCUT2D eigenvalue weighted by molar-refractivity contribution is 0.277. The fourth-order valence-corrected chi connectivity index (χ4v) is 2.57. The number of likely N-dealkylation sites (tertiary alicyclic amines) is 1. The van der Waals surface area contributed by atoms with Crippen molar-refractivity contribution in [3.05, 3.63) is 35.4 Å². The highest BCUT2D eigenvalue weighted by Gasteiger charge is 2.16. The van der Waals surface area contributed by atoms with Crippen LogP contribution in [0, 0.1) is 17.6 Å². The number of piperidine rings is 1. The summed E-state index contributed by atoms with van der Waals surface area (Å²) in [5.41, 5.74) is 6.64. The van der Waals surface area contributed by atoms with E-state index in [2.05, 4.69) is 16.8 Å². The summed E-state index contributed by atoms with van der Waals surface area (Å²) < 4.78 is 26.1. The molecule has 1 aliphatic heterocycles. The van der Waals surface area contributed by atoms with Gasteiger partial charge in [-0.05, 0) is 49.3 Å². The van der Waals surface area contributed by atoms with E-state index in [1.165, 1.54) is 12.1 Å². The van der Waals surface area contributed by atoms with Crippen LogP contribution in [-0.2, 0) is 6.42 Å². The van der Waals surface area contributed by atoms with Gasteiger partial charge in [-0.1, -0.05) is 6.92 Å². The summed E-state index contributed by atoms with van der Waals surface area (Å²) in [4.78, 5) is 6.48. The first-order valence-electron chi connectivity index (χ1n) is 7.54. The Kier molecular flexibility index (Phi) is 8.06. The van der Waals surface area contributed by atoms with E-state index >= 15 is 0 Å². The number of hydrogen-bond acceptors (Lipinski definition) is 1. The third-order valence-corrected chi connectivity index (χ3v) is 3.93. The number of hydrogen-bond donors (Lipinski definition) is 1. The van der Waals surface area contributed by atoms with E-state index in [0.29, 0.717) is 24.5 Å². The average Bonchev–Trinajstić information content (AvgIpc) is 2.43. The van der Waals surface area contributed by atoms with E-state index < -0.39 is 11.6 Å². The lowest BCUT2D eigenvalue weighted by Crippen LogP contribution is -2.42. The molecule has 0 aliphatic carbocycles. The van der Waals surface area contributed by atoms with Gasteiger partial charge in [0.05, 0.1) is 0 Å². The SMILES string of the molecule is CC1CCN(C(N)=NCCCc2cc(F)cc(F)c2)CC1.I. The van der Waals surface area contributed by atoms with Gasteiger partial charge in [0.2, 0.25) is 0 Å². The second-order valence-electron chi connectivity index (χ2n) is 5.79. The van der Waals surface area contributed by atoms with Crippen LogP contribution < -0.4 is 5.73 Å². The third kappa shape index (κ3) is 6.06. The first-order chi connectivity index (χ1) is 10.0. The second kappa shape index (κ2) is 9.27. The number of rotatable bonds is 4. The van der Waals surface area contributed by atoms with Gasteiger partial charge in [0.25, 0.3) is 0 Å². The standard InChI is InChI=1S/C16H23F2N3.HI/c1-12-4-7-21(8-5-12)16(19)20-6-2-3-13-9-14(17)11-15(18)10-13;/h9-12H,2-8H2,1H3,(H2,19,20);1H. The molecular formula is C16H24F2IN3. The topological polar surface area (TPSA) is 41.6 Å². The van der Waals surface area contributed by atoms with E-state index in [1.54, 1.807) is 0 Å². The van der Waals surface area contributed by atoms with Gasteiger partial charge in [-0.2, -0.15) is 0 Å². The van der Waals surface area contributed by atoms with Gasteiger partial charge in [0.1, 0.15) is 11.6 Å². The Labute approximate surface area is 148 Å². The lowest BCUT2D eigenvalue weighted by Gasteiger charge is -2.31. The largest absolute Gasteiger partial charge is 0.370 e. The summed E-state index contributed by atoms with van der Waals surface area (Å²) in [6.07, 6.45) is 3.63. The second-order valence-corrected chi connectivity index (χ2v) is 5.79. The zero-order valence-corrected chi connectivity index (χ0v) is 15.2. The molecule has 1 saturated heterocycles. The van der Waals surface area contributed by atoms with Crippen molar-refractivity contribution in [1.29, 1.82) is 0 Å². The molecule has 0 bridgehead atoms. The van der Waals surface area contributed by atoms with Crippen LogP contribution in [0.5, 0.6) is 0 Å². The van der Waals surface area contributed by atoms with Crippen molar-refractivity contribution in [3.63, 3.8) is 0 Å². The predicted molar refractivity (Wildman–Crippen MR) is 96.6 cm³/mol. The van der Waals surface area contributed by atoms with Gasteiger partial charge in [-0.3, -0.25) is 4.99 Å². The van der Waals surface area contributed by atoms with Crippen molar-refractivity contribution in [1.82, 2.24) is 4.90 Å². The molecule has 0 aromatic heterocycles. The smallest absolute Gasteiger partial charge is 0.191 e. The Hall–Kier alpha value is -0.920. The van der Waals surface area contributed by atoms with Crippen LogP contribution in [0.15, 0.2) is 23.2 Å². The maximum absolute atomic E-state index is 13.0. The summed E-state index contributed by atoms with van der Waals surface area (Å²) in [5, 5.41) is 0. The van der Waals surface area contributed by atoms with Crippen LogP contribution in [-0.4, -0.2) is 30.5 Å². The molecule has 1 aromatic rings. The molecule has 2 rings (SSSR count). The van der Waals surface area contributed by atoms with Gasteiger partial charge in [0.15, 0.2) is 5.96 Å². The minimum atomic E-state index is -0.532. The minimum absolute atomic E-state index is 0. The molecule has 124 valence electrons. The summed E-state index contributed by atoms with van der Waals surface area (Å²) in [5.74, 6) is 0.287. The van der Waals surface area contributed by atoms with Crippen molar-refractivity contribution >= 4 is 29.9 Å². The Balaban J connectivity index is 0.00000242. The maximum Gasteiger partial charge on any atom is 0.191 e. The van der Waals surface area contributed by atoms with Crippen molar-refractivity contribution < 1.29 is 8.78 Å². The normalized spacial score (nSPS) is 16.5. The highest BCUT2D eigenvalue weighted by atomic mass is 127. The summed E-state index contributed by atoms with van der Waals surface area (Å²) >= 11 is 0. The van der Waals surface area contributed by atoms with Gasteiger partial charge < -0.3 is 10.6 Å². The van der Waals surface area contributed by atoms with Gasteiger partial charge in [-0.15, -0.1) is 24.0 Å². The number of aryl methyl sites for hydroxylation is 1. The van der Waals surface area contributed by atoms with Crippen LogP contribution in [0.3, 0.4) is 0 Å². The monoisotopic (exact) mass is 423 g/mol. The highest BCUT2D eigenvalue weighted by Crippen LogP contribution is 2.15. The van der Waals surface area contributed by atoms with E-state index in [4.69, 9.17) is 5.73 Å². The van der Waals surface area contributed by atoms with Crippen molar-refractivity contribution in [2.75, 3.05) is 19.6 Å². The van der Waals surface area contributed by atoms with Crippen molar-refractivity contribution in [2.45, 2.75) is 32.6 Å². The number of aliphatic imine (C=N–C) groups is 1. The van der Waals surface area contributed by atoms with E-state index in [-0.39, 0.29) is 24.0 Å². The fraction of sp³-hybridized carbons (Fsp3) is 0.562. The Morgan fingerprint density at radius 1 is 1.23 bits per heavy atom. The fourth-order valence-electron chi connectivity index (χ4n) is 2.57. The molecule has 1 fully saturated rings. The van der Waals surface area contributed by atoms with Crippen LogP contribution in [0.1, 0.15) is 31.7 Å². The minimum Gasteiger partial charge on any atom is -0.370 e. The molecule has 1 aliphatic rings. The Morgan fingerprint density at radius 2 is 1.82 bits per heavy atom. The number of halogens is 3. The molecule has 1 aromatic carbocycles. The van der Waals surface area contributed by atoms with Crippen LogP contribution in [0.4, 0.5) is 8.78 Å². The maximum atomic E-state index is 13.0. The quantitative estimate of drug-likeness (QED) is 0.348. The van der Waals surface area contributed by atoms with Crippen LogP contribution in [0.2, 0.25) is 0 Å². The van der Waals surface area contributed by atoms with Crippen LogP contribution in [0.25, 0.3) is 0 Å². The summed E-state index contributed by atoms with van der Waals surface area (Å²) in [6, 6.07) is 3.61. The molecule has 3 nitrogen and oxygen atoms in total. The molecule has 0 saturated carbocycles. The molecule has 6 heteroatoms. The predicted octanol–water partition coefficient (Wildman–Crippen LogP) is 3.56. The first kappa shape index (κ1) is 19.1. The van der Waals surface area contributed by atoms with Crippen molar-refractivity contribution in [2.24, 2.45) is 16.6 Å². The summed E-state index contributed by atoms with van der Waals surface area (Å²) in [7, 11) is 0. The molecule has 0 radical (unpaired) electrons. The molecule has 22 heavy (non-hydrogen) atoms. The zero-order valence-electron chi connectivity index (χ0n) is 12.9. The van der Waals surface area contributed by atoms with Gasteiger partial charge >= 0.3 is 0 Å². The van der Waals surface area contributed by atoms with Gasteiger partial charge in [-0.25, -0.2) is 8.78 Å². The molecule has 0 amide bonds. The number of benzene rings is 1. The zero-order chi connectivity index (χ0) is 15.2. The van der Waals surface area contributed by atoms with E-state index in [9.17, 15) is 8.78 Å². The Morgan fingerprint density at radius 3 is 2.41 bits per heavy atom. The number of guanidine groups is 1.